The predicted octanol–water partition coefficient (Wildman–Crippen LogP) is 1.18. The quantitative estimate of drug-likeness (QED) is 0.325. The van der Waals surface area contributed by atoms with Gasteiger partial charge in [-0.25, -0.2) is 12.2 Å². The third kappa shape index (κ3) is 9.84. The van der Waals surface area contributed by atoms with Gasteiger partial charge in [0, 0.05) is 0 Å². The van der Waals surface area contributed by atoms with E-state index in [1.807, 2.05) is 12.2 Å². The minimum atomic E-state index is -1.21. The summed E-state index contributed by atoms with van der Waals surface area (Å²) in [7, 11) is -1.21. The summed E-state index contributed by atoms with van der Waals surface area (Å²) in [4.78, 5) is 0. The molecule has 0 aromatic heterocycles. The molecule has 1 aliphatic carbocycles. The van der Waals surface area contributed by atoms with Crippen LogP contribution in [0, 0.1) is 13.0 Å². The molecule has 0 aliphatic heterocycles. The van der Waals surface area contributed by atoms with Gasteiger partial charge in [0.25, 0.3) is 0 Å². The third-order valence-electron chi connectivity index (χ3n) is 4.65. The van der Waals surface area contributed by atoms with Gasteiger partial charge in [0.15, 0.2) is 0 Å². The molecule has 0 unspecified atom stereocenters. The molecule has 0 nitrogen and oxygen atoms in total. The molecule has 0 saturated carbocycles. The Morgan fingerprint density at radius 3 is 2.06 bits per heavy atom. The van der Waals surface area contributed by atoms with Crippen molar-refractivity contribution < 1.29 is 48.1 Å². The third-order valence-corrected chi connectivity index (χ3v) is 6.72. The van der Waals surface area contributed by atoms with Crippen molar-refractivity contribution in [1.29, 1.82) is 0 Å². The van der Waals surface area contributed by atoms with E-state index in [1.165, 1.54) is 32.6 Å². The summed E-state index contributed by atoms with van der Waals surface area (Å²) >= 11 is 1.74. The molecule has 3 aromatic rings. The minimum absolute atomic E-state index is 0. The van der Waals surface area contributed by atoms with Crippen molar-refractivity contribution in [2.45, 2.75) is 46.1 Å². The van der Waals surface area contributed by atoms with Crippen LogP contribution in [-0.4, -0.2) is 13.5 Å². The van der Waals surface area contributed by atoms with E-state index >= 15 is 0 Å². The Morgan fingerprint density at radius 1 is 1.00 bits per heavy atom. The average Bonchev–Trinajstić information content (AvgIpc) is 3.35. The largest absolute Gasteiger partial charge is 1.00 e. The second-order valence-corrected chi connectivity index (χ2v) is 23.1. The predicted molar refractivity (Wildman–Crippen MR) is 132 cm³/mol. The van der Waals surface area contributed by atoms with Gasteiger partial charge in [-0.3, -0.25) is 6.08 Å². The van der Waals surface area contributed by atoms with Crippen LogP contribution in [0.1, 0.15) is 12.0 Å². The van der Waals surface area contributed by atoms with Gasteiger partial charge in [-0.1, -0.05) is 67.6 Å². The van der Waals surface area contributed by atoms with Crippen LogP contribution < -0.4 is 30.0 Å². The molecule has 0 atom stereocenters. The maximum absolute atomic E-state index is 2.99. The van der Waals surface area contributed by atoms with Gasteiger partial charge < -0.3 is 24.8 Å². The van der Waals surface area contributed by atoms with Crippen molar-refractivity contribution in [3.05, 3.63) is 84.5 Å². The second kappa shape index (κ2) is 14.5. The molecule has 4 rings (SSSR count). The van der Waals surface area contributed by atoms with E-state index in [0.29, 0.717) is 0 Å². The topological polar surface area (TPSA) is 0 Å². The van der Waals surface area contributed by atoms with E-state index in [-0.39, 0.29) is 30.2 Å². The van der Waals surface area contributed by atoms with Crippen LogP contribution in [0.3, 0.4) is 0 Å². The number of allylic oxidation sites excluding steroid dienone is 4. The van der Waals surface area contributed by atoms with Gasteiger partial charge in [0.1, 0.15) is 0 Å². The Balaban J connectivity index is 0.000000691. The van der Waals surface area contributed by atoms with Crippen molar-refractivity contribution in [2.75, 3.05) is 0 Å². The Labute approximate surface area is 217 Å². The van der Waals surface area contributed by atoms with Crippen molar-refractivity contribution >= 4 is 29.5 Å². The van der Waals surface area contributed by atoms with Crippen LogP contribution in [0.5, 0.6) is 0 Å². The number of hydrogen-bond donors (Lipinski definition) is 0. The number of fused-ring (bicyclic) bond motifs is 1. The zero-order chi connectivity index (χ0) is 21.4. The summed E-state index contributed by atoms with van der Waals surface area (Å²) in [5.41, 5.74) is 4.26. The standard InChI is InChI=1S/C19H21Si.C5H5.C2H6Si.2ClH.Zr/c1-14-8-9-16-6-5-7-18(19(14)16)15-10-12-17(13-11-15)20(2,3)4;1-2-4-5-3-1;1-3-2;;;/h5-13H,1-4H3;1-3H,4H2;1-2H3;2*1H;/q2*-1;;;;+2/p-2. The molecule has 0 fully saturated rings. The van der Waals surface area contributed by atoms with Gasteiger partial charge in [0.2, 0.25) is 0 Å². The van der Waals surface area contributed by atoms with Crippen molar-refractivity contribution in [1.82, 2.24) is 0 Å². The first-order valence-electron chi connectivity index (χ1n) is 10.2. The van der Waals surface area contributed by atoms with Crippen LogP contribution in [0.15, 0.2) is 72.8 Å². The summed E-state index contributed by atoms with van der Waals surface area (Å²) in [5.74, 6) is 0. The number of benzene rings is 2. The Hall–Kier alpha value is -0.573. The smallest absolute Gasteiger partial charge is 0.0775 e. The van der Waals surface area contributed by atoms with Crippen molar-refractivity contribution in [2.24, 2.45) is 0 Å². The Bertz CT molecular complexity index is 996. The van der Waals surface area contributed by atoms with Gasteiger partial charge in [-0.05, 0) is 5.56 Å². The molecule has 0 spiro atoms. The molecule has 164 valence electrons. The van der Waals surface area contributed by atoms with E-state index in [2.05, 4.69) is 106 Å². The van der Waals surface area contributed by atoms with Crippen LogP contribution in [0.4, 0.5) is 0 Å². The Kier molecular flexibility index (Phi) is 14.3. The molecule has 0 heterocycles. The molecule has 3 aromatic carbocycles. The van der Waals surface area contributed by atoms with Crippen molar-refractivity contribution in [3.8, 4) is 11.1 Å². The fourth-order valence-corrected chi connectivity index (χ4v) is 4.34. The molecule has 1 aliphatic rings. The minimum Gasteiger partial charge on any atom is -1.00 e. The molecule has 0 saturated heterocycles. The first-order valence-corrected chi connectivity index (χ1v) is 19.9. The first-order chi connectivity index (χ1) is 13.7. The fraction of sp³-hybridized carbons (Fsp3) is 0.269. The average molecular weight is 563 g/mol. The molecule has 0 bridgehead atoms. The SMILES string of the molecule is C[Si](C)=[Zr+2].Cc1c[cH-]c2cccc(-c3ccc([Si](C)(C)C)cc3)c12.[C-]1=CC=CC1.[Cl-].[Cl-]. The number of aryl methyl sites for hydroxylation is 1. The van der Waals surface area contributed by atoms with E-state index in [4.69, 9.17) is 0 Å². The van der Waals surface area contributed by atoms with E-state index in [0.717, 1.165) is 6.42 Å². The summed E-state index contributed by atoms with van der Waals surface area (Å²) in [6.45, 7) is 14.0. The van der Waals surface area contributed by atoms with E-state index < -0.39 is 8.07 Å². The number of hydrogen-bond acceptors (Lipinski definition) is 0. The normalized spacial score (nSPS) is 11.5. The number of halogens is 2. The number of rotatable bonds is 2. The zero-order valence-corrected chi connectivity index (χ0v) is 25.4. The molecule has 0 N–H and O–H groups in total. The second-order valence-electron chi connectivity index (χ2n) is 8.62. The molecule has 5 heteroatoms. The van der Waals surface area contributed by atoms with E-state index in [1.54, 1.807) is 23.3 Å². The molecule has 0 radical (unpaired) electrons. The monoisotopic (exact) mass is 560 g/mol. The summed E-state index contributed by atoms with van der Waals surface area (Å²) in [5, 5.41) is 4.26. The van der Waals surface area contributed by atoms with Gasteiger partial charge in [-0.2, -0.15) is 17.7 Å². The maximum atomic E-state index is 2.99. The summed E-state index contributed by atoms with van der Waals surface area (Å²) < 4.78 is 0. The van der Waals surface area contributed by atoms with Gasteiger partial charge in [-0.15, -0.1) is 35.4 Å². The summed E-state index contributed by atoms with van der Waals surface area (Å²) in [6.07, 6.45) is 10.0. The molecule has 31 heavy (non-hydrogen) atoms. The molecule has 0 amide bonds. The maximum Gasteiger partial charge on any atom is 0.0775 e. The van der Waals surface area contributed by atoms with Crippen LogP contribution in [0.2, 0.25) is 32.7 Å². The molecular formula is C26H32Cl2Si2Zr-2. The van der Waals surface area contributed by atoms with E-state index in [9.17, 15) is 0 Å². The van der Waals surface area contributed by atoms with Crippen LogP contribution in [0.25, 0.3) is 21.9 Å². The Morgan fingerprint density at radius 2 is 1.61 bits per heavy atom. The first kappa shape index (κ1) is 30.4. The summed E-state index contributed by atoms with van der Waals surface area (Å²) in [6, 6.07) is 20.2. The molecular weight excluding hydrogens is 531 g/mol. The van der Waals surface area contributed by atoms with Gasteiger partial charge >= 0.3 is 41.9 Å². The van der Waals surface area contributed by atoms with Crippen LogP contribution >= 0.6 is 0 Å². The van der Waals surface area contributed by atoms with Crippen LogP contribution in [-0.2, 0) is 23.3 Å². The van der Waals surface area contributed by atoms with Crippen molar-refractivity contribution in [3.63, 3.8) is 0 Å². The zero-order valence-electron chi connectivity index (χ0n) is 19.4. The fourth-order valence-electron chi connectivity index (χ4n) is 3.18. The van der Waals surface area contributed by atoms with Gasteiger partial charge in [0.05, 0.1) is 8.07 Å².